The van der Waals surface area contributed by atoms with Crippen molar-refractivity contribution in [3.63, 3.8) is 0 Å². The number of carbonyl (C=O) groups excluding carboxylic acids is 3. The lowest BCUT2D eigenvalue weighted by atomic mass is 10.0. The molecule has 1 aliphatic rings. The summed E-state index contributed by atoms with van der Waals surface area (Å²) in [4.78, 5) is 35.8. The summed E-state index contributed by atoms with van der Waals surface area (Å²) in [7, 11) is 0. The van der Waals surface area contributed by atoms with Gasteiger partial charge in [-0.25, -0.2) is 9.59 Å². The molecule has 0 bridgehead atoms. The van der Waals surface area contributed by atoms with Crippen LogP contribution in [0.15, 0.2) is 35.5 Å². The second-order valence-corrected chi connectivity index (χ2v) is 6.26. The Kier molecular flexibility index (Phi) is 7.40. The smallest absolute Gasteiger partial charge is 0.338 e. The number of amides is 2. The highest BCUT2D eigenvalue weighted by atomic mass is 16.5. The first-order chi connectivity index (χ1) is 12.9. The van der Waals surface area contributed by atoms with Gasteiger partial charge in [0.2, 0.25) is 0 Å². The average Bonchev–Trinajstić information content (AvgIpc) is 2.64. The third-order valence-corrected chi connectivity index (χ3v) is 4.29. The Hall–Kier alpha value is -2.83. The molecule has 1 aromatic rings. The standard InChI is InChI=1S/C20H26N2O5/c1-4-14-6-8-15(9-7-14)10-11-17(23)27-12-16-18(19(24)26-5-2)13(3)21-20(25)22-16/h6-9,13H,4-5,10-12H2,1-3H3,(H2,21,22,25)/t13-/m0/s1. The van der Waals surface area contributed by atoms with E-state index in [9.17, 15) is 14.4 Å². The van der Waals surface area contributed by atoms with Crippen LogP contribution >= 0.6 is 0 Å². The fourth-order valence-corrected chi connectivity index (χ4v) is 2.81. The molecule has 0 saturated heterocycles. The van der Waals surface area contributed by atoms with E-state index >= 15 is 0 Å². The van der Waals surface area contributed by atoms with Gasteiger partial charge in [0.1, 0.15) is 6.61 Å². The molecule has 1 aromatic carbocycles. The van der Waals surface area contributed by atoms with E-state index in [1.807, 2.05) is 24.3 Å². The molecule has 7 heteroatoms. The summed E-state index contributed by atoms with van der Waals surface area (Å²) in [6.45, 7) is 5.50. The Bertz CT molecular complexity index is 724. The van der Waals surface area contributed by atoms with Crippen LogP contribution in [-0.2, 0) is 31.9 Å². The number of hydrogen-bond donors (Lipinski definition) is 2. The Balaban J connectivity index is 1.94. The van der Waals surface area contributed by atoms with Gasteiger partial charge in [-0.2, -0.15) is 0 Å². The third-order valence-electron chi connectivity index (χ3n) is 4.29. The first-order valence-corrected chi connectivity index (χ1v) is 9.15. The first-order valence-electron chi connectivity index (χ1n) is 9.15. The molecule has 146 valence electrons. The Morgan fingerprint density at radius 1 is 1.07 bits per heavy atom. The second-order valence-electron chi connectivity index (χ2n) is 6.26. The zero-order chi connectivity index (χ0) is 19.8. The van der Waals surface area contributed by atoms with E-state index < -0.39 is 24.0 Å². The number of carbonyl (C=O) groups is 3. The summed E-state index contributed by atoms with van der Waals surface area (Å²) in [6, 6.07) is 7.12. The van der Waals surface area contributed by atoms with Crippen LogP contribution in [0.5, 0.6) is 0 Å². The lowest BCUT2D eigenvalue weighted by Crippen LogP contribution is -2.50. The van der Waals surface area contributed by atoms with Crippen LogP contribution in [0, 0.1) is 0 Å². The molecule has 0 aliphatic carbocycles. The summed E-state index contributed by atoms with van der Waals surface area (Å²) in [6.07, 6.45) is 1.76. The van der Waals surface area contributed by atoms with Gasteiger partial charge < -0.3 is 20.1 Å². The number of rotatable bonds is 8. The van der Waals surface area contributed by atoms with Crippen molar-refractivity contribution in [2.75, 3.05) is 13.2 Å². The Morgan fingerprint density at radius 3 is 2.37 bits per heavy atom. The van der Waals surface area contributed by atoms with Gasteiger partial charge in [0.05, 0.1) is 23.9 Å². The molecule has 0 saturated carbocycles. The highest BCUT2D eigenvalue weighted by Gasteiger charge is 2.30. The monoisotopic (exact) mass is 374 g/mol. The van der Waals surface area contributed by atoms with E-state index in [1.165, 1.54) is 5.56 Å². The highest BCUT2D eigenvalue weighted by Crippen LogP contribution is 2.15. The summed E-state index contributed by atoms with van der Waals surface area (Å²) < 4.78 is 10.3. The molecule has 27 heavy (non-hydrogen) atoms. The van der Waals surface area contributed by atoms with Gasteiger partial charge >= 0.3 is 18.0 Å². The van der Waals surface area contributed by atoms with Crippen molar-refractivity contribution in [1.29, 1.82) is 0 Å². The number of ether oxygens (including phenoxy) is 2. The highest BCUT2D eigenvalue weighted by molar-refractivity contribution is 5.94. The van der Waals surface area contributed by atoms with Gasteiger partial charge in [-0.3, -0.25) is 4.79 Å². The van der Waals surface area contributed by atoms with Crippen molar-refractivity contribution >= 4 is 18.0 Å². The third kappa shape index (κ3) is 5.84. The van der Waals surface area contributed by atoms with Gasteiger partial charge in [-0.1, -0.05) is 31.2 Å². The van der Waals surface area contributed by atoms with Gasteiger partial charge in [-0.05, 0) is 37.8 Å². The summed E-state index contributed by atoms with van der Waals surface area (Å²) in [5.41, 5.74) is 2.82. The van der Waals surface area contributed by atoms with Crippen LogP contribution < -0.4 is 10.6 Å². The van der Waals surface area contributed by atoms with Crippen LogP contribution in [0.4, 0.5) is 4.79 Å². The average molecular weight is 374 g/mol. The fraction of sp³-hybridized carbons (Fsp3) is 0.450. The molecular formula is C20H26N2O5. The van der Waals surface area contributed by atoms with Crippen molar-refractivity contribution in [1.82, 2.24) is 10.6 Å². The van der Waals surface area contributed by atoms with E-state index in [-0.39, 0.29) is 30.9 Å². The number of nitrogens with one attached hydrogen (secondary N) is 2. The minimum absolute atomic E-state index is 0.181. The number of benzene rings is 1. The van der Waals surface area contributed by atoms with E-state index in [4.69, 9.17) is 9.47 Å². The van der Waals surface area contributed by atoms with Gasteiger partial charge in [0, 0.05) is 6.42 Å². The van der Waals surface area contributed by atoms with E-state index in [2.05, 4.69) is 17.6 Å². The maximum atomic E-state index is 12.1. The molecule has 0 fully saturated rings. The topological polar surface area (TPSA) is 93.7 Å². The molecule has 2 rings (SSSR count). The zero-order valence-corrected chi connectivity index (χ0v) is 16.0. The van der Waals surface area contributed by atoms with Gasteiger partial charge in [0.15, 0.2) is 0 Å². The predicted octanol–water partition coefficient (Wildman–Crippen LogP) is 2.24. The predicted molar refractivity (Wildman–Crippen MR) is 99.9 cm³/mol. The number of hydrogen-bond acceptors (Lipinski definition) is 5. The quantitative estimate of drug-likeness (QED) is 0.681. The molecule has 1 aliphatic heterocycles. The Morgan fingerprint density at radius 2 is 1.74 bits per heavy atom. The lowest BCUT2D eigenvalue weighted by molar-refractivity contribution is -0.143. The number of esters is 2. The van der Waals surface area contributed by atoms with Crippen molar-refractivity contribution < 1.29 is 23.9 Å². The molecule has 1 heterocycles. The minimum atomic E-state index is -0.542. The van der Waals surface area contributed by atoms with Crippen LogP contribution in [0.3, 0.4) is 0 Å². The van der Waals surface area contributed by atoms with Crippen molar-refractivity contribution in [3.8, 4) is 0 Å². The van der Waals surface area contributed by atoms with Gasteiger partial charge in [0.25, 0.3) is 0 Å². The molecule has 1 atom stereocenters. The Labute approximate surface area is 159 Å². The van der Waals surface area contributed by atoms with Crippen molar-refractivity contribution in [3.05, 3.63) is 46.7 Å². The second kappa shape index (κ2) is 9.75. The minimum Gasteiger partial charge on any atom is -0.463 e. The summed E-state index contributed by atoms with van der Waals surface area (Å²) in [5, 5.41) is 5.12. The molecule has 0 spiro atoms. The van der Waals surface area contributed by atoms with Crippen LogP contribution in [0.2, 0.25) is 0 Å². The molecule has 2 amide bonds. The largest absolute Gasteiger partial charge is 0.463 e. The number of urea groups is 1. The van der Waals surface area contributed by atoms with Gasteiger partial charge in [-0.15, -0.1) is 0 Å². The zero-order valence-electron chi connectivity index (χ0n) is 16.0. The van der Waals surface area contributed by atoms with Crippen molar-refractivity contribution in [2.24, 2.45) is 0 Å². The maximum Gasteiger partial charge on any atom is 0.338 e. The summed E-state index contributed by atoms with van der Waals surface area (Å²) in [5.74, 6) is -0.940. The molecule has 0 radical (unpaired) electrons. The fourth-order valence-electron chi connectivity index (χ4n) is 2.81. The molecule has 7 nitrogen and oxygen atoms in total. The number of aryl methyl sites for hydroxylation is 2. The molecule has 0 unspecified atom stereocenters. The van der Waals surface area contributed by atoms with E-state index in [0.29, 0.717) is 6.42 Å². The van der Waals surface area contributed by atoms with Crippen LogP contribution in [0.1, 0.15) is 38.3 Å². The van der Waals surface area contributed by atoms with Crippen LogP contribution in [-0.4, -0.2) is 37.2 Å². The lowest BCUT2D eigenvalue weighted by Gasteiger charge is -2.26. The molecular weight excluding hydrogens is 348 g/mol. The maximum absolute atomic E-state index is 12.1. The summed E-state index contributed by atoms with van der Waals surface area (Å²) >= 11 is 0. The van der Waals surface area contributed by atoms with E-state index in [0.717, 1.165) is 12.0 Å². The SMILES string of the molecule is CCOC(=O)C1=C(COC(=O)CCc2ccc(CC)cc2)NC(=O)N[C@H]1C. The first kappa shape index (κ1) is 20.5. The molecule has 0 aromatic heterocycles. The van der Waals surface area contributed by atoms with Crippen molar-refractivity contribution in [2.45, 2.75) is 46.1 Å². The molecule has 2 N–H and O–H groups in total. The van der Waals surface area contributed by atoms with Crippen LogP contribution in [0.25, 0.3) is 0 Å². The van der Waals surface area contributed by atoms with E-state index in [1.54, 1.807) is 13.8 Å². The normalized spacial score (nSPS) is 16.4.